The first-order valence-corrected chi connectivity index (χ1v) is 7.63. The van der Waals surface area contributed by atoms with Gasteiger partial charge in [0.1, 0.15) is 5.75 Å². The first-order chi connectivity index (χ1) is 10.3. The van der Waals surface area contributed by atoms with E-state index in [0.717, 1.165) is 37.9 Å². The number of benzene rings is 1. The molecule has 1 N–H and O–H groups in total. The number of carboxylic acids is 1. The molecule has 0 aromatic heterocycles. The molecule has 2 rings (SSSR count). The zero-order valence-corrected chi connectivity index (χ0v) is 13.4. The van der Waals surface area contributed by atoms with Crippen molar-refractivity contribution in [1.29, 1.82) is 0 Å². The van der Waals surface area contributed by atoms with Crippen LogP contribution in [0, 0.1) is 0 Å². The number of piperidine rings is 1. The number of carbonyl (C=O) groups excluding carboxylic acids is 1. The average Bonchev–Trinajstić information content (AvgIpc) is 2.47. The third-order valence-corrected chi connectivity index (χ3v) is 3.85. The Bertz CT molecular complexity index is 569. The number of nitrogens with zero attached hydrogens (tertiary/aromatic N) is 1. The Balaban J connectivity index is 2.25. The summed E-state index contributed by atoms with van der Waals surface area (Å²) >= 11 is 0. The van der Waals surface area contributed by atoms with Gasteiger partial charge in [-0.25, -0.2) is 9.59 Å². The fraction of sp³-hybridized carbons (Fsp3) is 0.529. The van der Waals surface area contributed by atoms with Crippen LogP contribution in [0.3, 0.4) is 0 Å². The van der Waals surface area contributed by atoms with Gasteiger partial charge in [0.25, 0.3) is 0 Å². The SMILES string of the molecule is CC(C)(C)c1cc(C(=O)O)ccc1OC(=O)N1CCCCC1. The maximum atomic E-state index is 12.3. The second-order valence-electron chi connectivity index (χ2n) is 6.68. The third-order valence-electron chi connectivity index (χ3n) is 3.85. The summed E-state index contributed by atoms with van der Waals surface area (Å²) in [6.07, 6.45) is 2.79. The Morgan fingerprint density at radius 3 is 2.32 bits per heavy atom. The van der Waals surface area contributed by atoms with Gasteiger partial charge in [-0.1, -0.05) is 20.8 Å². The molecule has 1 saturated heterocycles. The van der Waals surface area contributed by atoms with E-state index in [1.54, 1.807) is 17.0 Å². The maximum Gasteiger partial charge on any atom is 0.415 e. The maximum absolute atomic E-state index is 12.3. The van der Waals surface area contributed by atoms with Gasteiger partial charge in [-0.3, -0.25) is 0 Å². The molecule has 1 aliphatic rings. The van der Waals surface area contributed by atoms with Crippen molar-refractivity contribution in [3.05, 3.63) is 29.3 Å². The van der Waals surface area contributed by atoms with Crippen LogP contribution in [-0.2, 0) is 5.41 Å². The summed E-state index contributed by atoms with van der Waals surface area (Å²) < 4.78 is 5.54. The number of carbonyl (C=O) groups is 2. The summed E-state index contributed by atoms with van der Waals surface area (Å²) in [6.45, 7) is 7.33. The zero-order chi connectivity index (χ0) is 16.3. The van der Waals surface area contributed by atoms with Crippen LogP contribution in [0.1, 0.15) is 56.0 Å². The summed E-state index contributed by atoms with van der Waals surface area (Å²) in [4.78, 5) is 25.1. The monoisotopic (exact) mass is 305 g/mol. The number of aromatic carboxylic acids is 1. The van der Waals surface area contributed by atoms with Crippen LogP contribution in [0.2, 0.25) is 0 Å². The van der Waals surface area contributed by atoms with Crippen molar-refractivity contribution in [1.82, 2.24) is 4.90 Å². The van der Waals surface area contributed by atoms with Gasteiger partial charge in [-0.2, -0.15) is 0 Å². The number of likely N-dealkylation sites (tertiary alicyclic amines) is 1. The van der Waals surface area contributed by atoms with Gasteiger partial charge in [0.15, 0.2) is 0 Å². The highest BCUT2D eigenvalue weighted by Gasteiger charge is 2.25. The number of hydrogen-bond acceptors (Lipinski definition) is 3. The van der Waals surface area contributed by atoms with E-state index < -0.39 is 5.97 Å². The van der Waals surface area contributed by atoms with E-state index in [9.17, 15) is 9.59 Å². The molecule has 0 unspecified atom stereocenters. The molecule has 1 heterocycles. The Kier molecular flexibility index (Phi) is 4.74. The van der Waals surface area contributed by atoms with E-state index in [1.165, 1.54) is 6.07 Å². The number of ether oxygens (including phenoxy) is 1. The Morgan fingerprint density at radius 1 is 1.14 bits per heavy atom. The quantitative estimate of drug-likeness (QED) is 0.905. The van der Waals surface area contributed by atoms with Gasteiger partial charge in [0.2, 0.25) is 0 Å². The second kappa shape index (κ2) is 6.38. The topological polar surface area (TPSA) is 66.8 Å². The van der Waals surface area contributed by atoms with Crippen LogP contribution < -0.4 is 4.74 Å². The molecule has 5 heteroatoms. The number of rotatable bonds is 2. The summed E-state index contributed by atoms with van der Waals surface area (Å²) in [5, 5.41) is 9.14. The molecule has 1 amide bonds. The second-order valence-corrected chi connectivity index (χ2v) is 6.68. The van der Waals surface area contributed by atoms with E-state index in [0.29, 0.717) is 5.75 Å². The van der Waals surface area contributed by atoms with Crippen molar-refractivity contribution in [2.24, 2.45) is 0 Å². The Hall–Kier alpha value is -2.04. The van der Waals surface area contributed by atoms with Crippen molar-refractivity contribution in [2.45, 2.75) is 45.4 Å². The predicted octanol–water partition coefficient (Wildman–Crippen LogP) is 3.67. The van der Waals surface area contributed by atoms with Gasteiger partial charge in [0, 0.05) is 18.7 Å². The van der Waals surface area contributed by atoms with E-state index in [-0.39, 0.29) is 17.1 Å². The van der Waals surface area contributed by atoms with Crippen LogP contribution >= 0.6 is 0 Å². The zero-order valence-electron chi connectivity index (χ0n) is 13.4. The van der Waals surface area contributed by atoms with Crippen molar-refractivity contribution < 1.29 is 19.4 Å². The van der Waals surface area contributed by atoms with E-state index in [2.05, 4.69) is 0 Å². The molecular weight excluding hydrogens is 282 g/mol. The minimum absolute atomic E-state index is 0.197. The lowest BCUT2D eigenvalue weighted by atomic mass is 9.85. The van der Waals surface area contributed by atoms with Crippen LogP contribution in [0.5, 0.6) is 5.75 Å². The van der Waals surface area contributed by atoms with Crippen molar-refractivity contribution in [3.63, 3.8) is 0 Å². The fourth-order valence-corrected chi connectivity index (χ4v) is 2.57. The van der Waals surface area contributed by atoms with Gasteiger partial charge >= 0.3 is 12.1 Å². The molecule has 1 aromatic rings. The predicted molar refractivity (Wildman–Crippen MR) is 83.5 cm³/mol. The molecule has 22 heavy (non-hydrogen) atoms. The fourth-order valence-electron chi connectivity index (χ4n) is 2.57. The van der Waals surface area contributed by atoms with Gasteiger partial charge < -0.3 is 14.7 Å². The summed E-state index contributed by atoms with van der Waals surface area (Å²) in [5.41, 5.74) is 0.601. The van der Waals surface area contributed by atoms with E-state index in [4.69, 9.17) is 9.84 Å². The smallest absolute Gasteiger partial charge is 0.415 e. The highest BCUT2D eigenvalue weighted by Crippen LogP contribution is 2.32. The molecule has 0 radical (unpaired) electrons. The molecule has 0 bridgehead atoms. The number of hydrogen-bond donors (Lipinski definition) is 1. The summed E-state index contributed by atoms with van der Waals surface area (Å²) in [6, 6.07) is 4.63. The molecule has 0 saturated carbocycles. The Labute approximate surface area is 130 Å². The number of amides is 1. The van der Waals surface area contributed by atoms with Crippen molar-refractivity contribution in [3.8, 4) is 5.75 Å². The summed E-state index contributed by atoms with van der Waals surface area (Å²) in [7, 11) is 0. The van der Waals surface area contributed by atoms with Crippen molar-refractivity contribution in [2.75, 3.05) is 13.1 Å². The first-order valence-electron chi connectivity index (χ1n) is 7.63. The lowest BCUT2D eigenvalue weighted by molar-refractivity contribution is 0.0696. The molecule has 1 fully saturated rings. The van der Waals surface area contributed by atoms with E-state index >= 15 is 0 Å². The molecule has 1 aromatic carbocycles. The van der Waals surface area contributed by atoms with Crippen LogP contribution in [-0.4, -0.2) is 35.2 Å². The van der Waals surface area contributed by atoms with Crippen LogP contribution in [0.4, 0.5) is 4.79 Å². The lowest BCUT2D eigenvalue weighted by Gasteiger charge is -2.28. The number of carboxylic acid groups (broad SMARTS) is 1. The minimum atomic E-state index is -0.987. The standard InChI is InChI=1S/C17H23NO4/c1-17(2,3)13-11-12(15(19)20)7-8-14(13)22-16(21)18-9-5-4-6-10-18/h7-8,11H,4-6,9-10H2,1-3H3,(H,19,20). The normalized spacial score (nSPS) is 15.5. The molecule has 0 atom stereocenters. The molecular formula is C17H23NO4. The molecule has 0 spiro atoms. The average molecular weight is 305 g/mol. The van der Waals surface area contributed by atoms with Crippen molar-refractivity contribution >= 4 is 12.1 Å². The first kappa shape index (κ1) is 16.3. The van der Waals surface area contributed by atoms with Gasteiger partial charge in [-0.15, -0.1) is 0 Å². The highest BCUT2D eigenvalue weighted by atomic mass is 16.6. The van der Waals surface area contributed by atoms with E-state index in [1.807, 2.05) is 20.8 Å². The molecule has 120 valence electrons. The van der Waals surface area contributed by atoms with Gasteiger partial charge in [-0.05, 0) is 42.9 Å². The Morgan fingerprint density at radius 2 is 1.77 bits per heavy atom. The largest absolute Gasteiger partial charge is 0.478 e. The van der Waals surface area contributed by atoms with Gasteiger partial charge in [0.05, 0.1) is 5.56 Å². The third kappa shape index (κ3) is 3.78. The highest BCUT2D eigenvalue weighted by molar-refractivity contribution is 5.88. The minimum Gasteiger partial charge on any atom is -0.478 e. The molecule has 0 aliphatic carbocycles. The molecule has 5 nitrogen and oxygen atoms in total. The summed E-state index contributed by atoms with van der Waals surface area (Å²) in [5.74, 6) is -0.549. The lowest BCUT2D eigenvalue weighted by Crippen LogP contribution is -2.38. The van der Waals surface area contributed by atoms with Crippen LogP contribution in [0.25, 0.3) is 0 Å². The van der Waals surface area contributed by atoms with Crippen LogP contribution in [0.15, 0.2) is 18.2 Å². The molecule has 1 aliphatic heterocycles.